The number of nitrogens with zero attached hydrogens (tertiary/aromatic N) is 1. The number of nitro groups is 1. The van der Waals surface area contributed by atoms with E-state index in [-0.39, 0.29) is 11.3 Å². The van der Waals surface area contributed by atoms with Gasteiger partial charge in [-0.2, -0.15) is 0 Å². The maximum Gasteiger partial charge on any atom is 0.282 e. The van der Waals surface area contributed by atoms with Crippen molar-refractivity contribution < 1.29 is 18.9 Å². The number of nitro benzene ring substituents is 1. The summed E-state index contributed by atoms with van der Waals surface area (Å²) < 4.78 is 13.3. The largest absolute Gasteiger partial charge is 0.366 e. The molecule has 0 aliphatic heterocycles. The summed E-state index contributed by atoms with van der Waals surface area (Å²) in [5, 5.41) is 13.4. The quantitative estimate of drug-likeness (QED) is 0.665. The van der Waals surface area contributed by atoms with Crippen molar-refractivity contribution in [2.75, 3.05) is 5.32 Å². The highest BCUT2D eigenvalue weighted by atomic mass is 19.1. The molecule has 23 heavy (non-hydrogen) atoms. The van der Waals surface area contributed by atoms with Crippen LogP contribution in [0.1, 0.15) is 26.3 Å². The zero-order valence-electron chi connectivity index (χ0n) is 12.0. The van der Waals surface area contributed by atoms with Crippen molar-refractivity contribution in [3.05, 3.63) is 69.0 Å². The van der Waals surface area contributed by atoms with Crippen LogP contribution in [-0.4, -0.2) is 16.7 Å². The number of carbonyl (C=O) groups is 2. The highest BCUT2D eigenvalue weighted by Gasteiger charge is 2.22. The topological polar surface area (TPSA) is 115 Å². The first-order valence-electron chi connectivity index (χ1n) is 6.46. The summed E-state index contributed by atoms with van der Waals surface area (Å²) >= 11 is 0. The van der Waals surface area contributed by atoms with Crippen LogP contribution >= 0.6 is 0 Å². The van der Waals surface area contributed by atoms with Gasteiger partial charge in [-0.05, 0) is 36.8 Å². The smallest absolute Gasteiger partial charge is 0.282 e. The Hall–Kier alpha value is -3.29. The lowest BCUT2D eigenvalue weighted by Crippen LogP contribution is -2.17. The number of carbonyl (C=O) groups excluding carboxylic acids is 2. The molecular formula is C15H12FN3O4. The molecule has 2 aromatic rings. The predicted octanol–water partition coefficient (Wildman–Crippen LogP) is 2.39. The monoisotopic (exact) mass is 317 g/mol. The first-order valence-corrected chi connectivity index (χ1v) is 6.46. The molecule has 0 aliphatic carbocycles. The molecule has 0 aliphatic rings. The molecule has 8 heteroatoms. The number of primary amides is 1. The van der Waals surface area contributed by atoms with Gasteiger partial charge in [0.1, 0.15) is 11.4 Å². The van der Waals surface area contributed by atoms with Crippen LogP contribution in [0.15, 0.2) is 36.4 Å². The van der Waals surface area contributed by atoms with Gasteiger partial charge in [-0.15, -0.1) is 0 Å². The van der Waals surface area contributed by atoms with Crippen LogP contribution in [0, 0.1) is 22.9 Å². The molecule has 0 fully saturated rings. The summed E-state index contributed by atoms with van der Waals surface area (Å²) in [6.07, 6.45) is 0. The van der Waals surface area contributed by atoms with E-state index in [9.17, 15) is 24.1 Å². The minimum absolute atomic E-state index is 0.205. The molecule has 0 heterocycles. The van der Waals surface area contributed by atoms with Crippen molar-refractivity contribution >= 4 is 23.2 Å². The van der Waals surface area contributed by atoms with Crippen molar-refractivity contribution in [3.8, 4) is 0 Å². The number of halogens is 1. The van der Waals surface area contributed by atoms with Crippen LogP contribution in [0.2, 0.25) is 0 Å². The normalized spacial score (nSPS) is 10.2. The fourth-order valence-electron chi connectivity index (χ4n) is 2.08. The van der Waals surface area contributed by atoms with E-state index in [0.29, 0.717) is 5.56 Å². The molecule has 0 radical (unpaired) electrons. The van der Waals surface area contributed by atoms with E-state index in [4.69, 9.17) is 5.73 Å². The van der Waals surface area contributed by atoms with Crippen LogP contribution < -0.4 is 11.1 Å². The molecular weight excluding hydrogens is 305 g/mol. The number of hydrogen-bond donors (Lipinski definition) is 2. The van der Waals surface area contributed by atoms with Gasteiger partial charge < -0.3 is 11.1 Å². The van der Waals surface area contributed by atoms with Gasteiger partial charge in [-0.1, -0.05) is 6.07 Å². The lowest BCUT2D eigenvalue weighted by atomic mass is 10.1. The Balaban J connectivity index is 2.41. The molecule has 2 rings (SSSR count). The van der Waals surface area contributed by atoms with E-state index in [1.165, 1.54) is 18.2 Å². The standard InChI is InChI=1S/C15H12FN3O4/c1-8-10(14(17)20)3-2-4-12(8)18-15(21)11-7-9(16)5-6-13(11)19(22)23/h2-7H,1H3,(H2,17,20)(H,18,21). The van der Waals surface area contributed by atoms with E-state index in [0.717, 1.165) is 18.2 Å². The molecule has 0 saturated heterocycles. The number of nitrogens with one attached hydrogen (secondary N) is 1. The molecule has 7 nitrogen and oxygen atoms in total. The van der Waals surface area contributed by atoms with E-state index < -0.39 is 33.8 Å². The Bertz CT molecular complexity index is 820. The molecule has 0 unspecified atom stereocenters. The molecule has 0 aromatic heterocycles. The maximum atomic E-state index is 13.3. The molecule has 3 N–H and O–H groups in total. The van der Waals surface area contributed by atoms with E-state index in [1.807, 2.05) is 0 Å². The average molecular weight is 317 g/mol. The van der Waals surface area contributed by atoms with Crippen LogP contribution in [0.3, 0.4) is 0 Å². The molecule has 0 bridgehead atoms. The highest BCUT2D eigenvalue weighted by molar-refractivity contribution is 6.08. The Morgan fingerprint density at radius 2 is 1.91 bits per heavy atom. The molecule has 2 aromatic carbocycles. The summed E-state index contributed by atoms with van der Waals surface area (Å²) in [7, 11) is 0. The van der Waals surface area contributed by atoms with Gasteiger partial charge in [0.2, 0.25) is 5.91 Å². The third-order valence-electron chi connectivity index (χ3n) is 3.25. The Morgan fingerprint density at radius 1 is 1.22 bits per heavy atom. The number of hydrogen-bond acceptors (Lipinski definition) is 4. The van der Waals surface area contributed by atoms with Gasteiger partial charge in [0.25, 0.3) is 11.6 Å². The zero-order chi connectivity index (χ0) is 17.1. The summed E-state index contributed by atoms with van der Waals surface area (Å²) in [5.41, 5.74) is 5.15. The second-order valence-corrected chi connectivity index (χ2v) is 4.72. The van der Waals surface area contributed by atoms with E-state index >= 15 is 0 Å². The molecule has 0 saturated carbocycles. The van der Waals surface area contributed by atoms with Gasteiger partial charge in [-0.3, -0.25) is 19.7 Å². The van der Waals surface area contributed by atoms with Crippen molar-refractivity contribution in [3.63, 3.8) is 0 Å². The minimum atomic E-state index is -0.860. The Kier molecular flexibility index (Phi) is 4.35. The first kappa shape index (κ1) is 16.1. The Labute approximate surface area is 130 Å². The second kappa shape index (κ2) is 6.22. The molecule has 118 valence electrons. The fraction of sp³-hybridized carbons (Fsp3) is 0.0667. The van der Waals surface area contributed by atoms with E-state index in [1.54, 1.807) is 6.92 Å². The summed E-state index contributed by atoms with van der Waals surface area (Å²) in [5.74, 6) is -2.31. The third kappa shape index (κ3) is 3.31. The highest BCUT2D eigenvalue weighted by Crippen LogP contribution is 2.23. The number of amides is 2. The van der Waals surface area contributed by atoms with Gasteiger partial charge >= 0.3 is 0 Å². The van der Waals surface area contributed by atoms with Crippen LogP contribution in [0.25, 0.3) is 0 Å². The molecule has 0 spiro atoms. The van der Waals surface area contributed by atoms with Crippen molar-refractivity contribution in [2.45, 2.75) is 6.92 Å². The summed E-state index contributed by atoms with van der Waals surface area (Å²) in [6, 6.07) is 7.08. The van der Waals surface area contributed by atoms with Gasteiger partial charge in [0, 0.05) is 17.3 Å². The van der Waals surface area contributed by atoms with Crippen LogP contribution in [0.4, 0.5) is 15.8 Å². The van der Waals surface area contributed by atoms with Crippen molar-refractivity contribution in [1.29, 1.82) is 0 Å². The Morgan fingerprint density at radius 3 is 2.52 bits per heavy atom. The molecule has 0 atom stereocenters. The fourth-order valence-corrected chi connectivity index (χ4v) is 2.08. The lowest BCUT2D eigenvalue weighted by Gasteiger charge is -2.11. The number of rotatable bonds is 4. The maximum absolute atomic E-state index is 13.3. The zero-order valence-corrected chi connectivity index (χ0v) is 12.0. The first-order chi connectivity index (χ1) is 10.8. The van der Waals surface area contributed by atoms with Crippen LogP contribution in [0.5, 0.6) is 0 Å². The van der Waals surface area contributed by atoms with Gasteiger partial charge in [0.05, 0.1) is 4.92 Å². The summed E-state index contributed by atoms with van der Waals surface area (Å²) in [6.45, 7) is 1.57. The van der Waals surface area contributed by atoms with Crippen molar-refractivity contribution in [1.82, 2.24) is 0 Å². The third-order valence-corrected chi connectivity index (χ3v) is 3.25. The average Bonchev–Trinajstić information content (AvgIpc) is 2.48. The van der Waals surface area contributed by atoms with Gasteiger partial charge in [-0.25, -0.2) is 4.39 Å². The second-order valence-electron chi connectivity index (χ2n) is 4.72. The van der Waals surface area contributed by atoms with Gasteiger partial charge in [0.15, 0.2) is 0 Å². The summed E-state index contributed by atoms with van der Waals surface area (Å²) in [4.78, 5) is 33.7. The minimum Gasteiger partial charge on any atom is -0.366 e. The molecule has 2 amide bonds. The lowest BCUT2D eigenvalue weighted by molar-refractivity contribution is -0.385. The number of benzene rings is 2. The van der Waals surface area contributed by atoms with E-state index in [2.05, 4.69) is 5.32 Å². The number of nitrogens with two attached hydrogens (primary N) is 1. The predicted molar refractivity (Wildman–Crippen MR) is 80.7 cm³/mol. The number of anilines is 1. The van der Waals surface area contributed by atoms with Crippen molar-refractivity contribution in [2.24, 2.45) is 5.73 Å². The van der Waals surface area contributed by atoms with Crippen LogP contribution in [-0.2, 0) is 0 Å². The SMILES string of the molecule is Cc1c(NC(=O)c2cc(F)ccc2[N+](=O)[O-])cccc1C(N)=O.